The second-order valence-electron chi connectivity index (χ2n) is 3.60. The Morgan fingerprint density at radius 3 is 2.57 bits per heavy atom. The van der Waals surface area contributed by atoms with Crippen molar-refractivity contribution in [3.63, 3.8) is 0 Å². The van der Waals surface area contributed by atoms with Crippen LogP contribution in [0.1, 0.15) is 25.8 Å². The van der Waals surface area contributed by atoms with Crippen LogP contribution in [-0.2, 0) is 6.54 Å². The number of benzene rings is 1. The molecule has 14 heavy (non-hydrogen) atoms. The minimum Gasteiger partial charge on any atom is -0.624 e. The molecule has 0 heterocycles. The highest BCUT2D eigenvalue weighted by Gasteiger charge is 2.01. The van der Waals surface area contributed by atoms with E-state index in [0.717, 1.165) is 16.7 Å². The lowest BCUT2D eigenvalue weighted by atomic mass is 10.1. The third kappa shape index (κ3) is 3.60. The molecule has 0 aliphatic carbocycles. The highest BCUT2D eigenvalue weighted by molar-refractivity contribution is 5.54. The highest BCUT2D eigenvalue weighted by atomic mass is 16.5. The van der Waals surface area contributed by atoms with Crippen LogP contribution >= 0.6 is 0 Å². The van der Waals surface area contributed by atoms with Crippen LogP contribution in [0.25, 0.3) is 0 Å². The molecule has 0 aliphatic rings. The zero-order valence-electron chi connectivity index (χ0n) is 8.81. The fourth-order valence-electron chi connectivity index (χ4n) is 1.21. The van der Waals surface area contributed by atoms with Crippen LogP contribution in [0.3, 0.4) is 0 Å². The van der Waals surface area contributed by atoms with Crippen molar-refractivity contribution in [1.29, 1.82) is 0 Å². The van der Waals surface area contributed by atoms with Crippen molar-refractivity contribution < 1.29 is 4.74 Å². The van der Waals surface area contributed by atoms with Gasteiger partial charge in [0.1, 0.15) is 0 Å². The van der Waals surface area contributed by atoms with Crippen molar-refractivity contribution in [2.24, 2.45) is 5.92 Å². The van der Waals surface area contributed by atoms with Crippen LogP contribution in [0.5, 0.6) is 0 Å². The largest absolute Gasteiger partial charge is 0.624 e. The minimum atomic E-state index is 0.358. The van der Waals surface area contributed by atoms with E-state index in [1.807, 2.05) is 30.3 Å². The van der Waals surface area contributed by atoms with Gasteiger partial charge in [-0.3, -0.25) is 0 Å². The van der Waals surface area contributed by atoms with E-state index in [0.29, 0.717) is 12.5 Å². The van der Waals surface area contributed by atoms with Gasteiger partial charge < -0.3 is 5.21 Å². The molecular formula is C12H17NO. The first kappa shape index (κ1) is 10.8. The summed E-state index contributed by atoms with van der Waals surface area (Å²) < 4.78 is 1.02. The predicted octanol–water partition coefficient (Wildman–Crippen LogP) is 2.81. The zero-order valence-corrected chi connectivity index (χ0v) is 8.81. The Balaban J connectivity index is 2.57. The summed E-state index contributed by atoms with van der Waals surface area (Å²) in [4.78, 5) is 0. The lowest BCUT2D eigenvalue weighted by Crippen LogP contribution is -2.09. The molecule has 0 aromatic heterocycles. The molecule has 1 aromatic rings. The minimum absolute atomic E-state index is 0.358. The summed E-state index contributed by atoms with van der Waals surface area (Å²) in [5.74, 6) is 0.358. The second kappa shape index (κ2) is 5.43. The molecule has 2 nitrogen and oxygen atoms in total. The normalized spacial score (nSPS) is 14.0. The first-order valence-electron chi connectivity index (χ1n) is 5.05. The lowest BCUT2D eigenvalue weighted by molar-refractivity contribution is -0.472. The van der Waals surface area contributed by atoms with E-state index in [1.54, 1.807) is 6.21 Å². The summed E-state index contributed by atoms with van der Waals surface area (Å²) in [5, 5.41) is 11.4. The third-order valence-corrected chi connectivity index (χ3v) is 2.25. The number of nitrogens with zero attached hydrogens (tertiary/aromatic N) is 1. The molecule has 0 spiro atoms. The van der Waals surface area contributed by atoms with Gasteiger partial charge in [-0.2, -0.15) is 0 Å². The van der Waals surface area contributed by atoms with Crippen molar-refractivity contribution >= 4 is 6.21 Å². The van der Waals surface area contributed by atoms with Crippen molar-refractivity contribution in [2.75, 3.05) is 0 Å². The van der Waals surface area contributed by atoms with Crippen LogP contribution in [0.2, 0.25) is 0 Å². The molecule has 0 radical (unpaired) electrons. The van der Waals surface area contributed by atoms with E-state index in [-0.39, 0.29) is 0 Å². The molecule has 0 aliphatic heterocycles. The second-order valence-corrected chi connectivity index (χ2v) is 3.60. The Hall–Kier alpha value is -1.31. The zero-order chi connectivity index (χ0) is 10.4. The highest BCUT2D eigenvalue weighted by Crippen LogP contribution is 2.01. The molecule has 1 atom stereocenters. The molecule has 0 bridgehead atoms. The smallest absolute Gasteiger partial charge is 0.178 e. The number of hydrogen-bond acceptors (Lipinski definition) is 1. The van der Waals surface area contributed by atoms with E-state index in [2.05, 4.69) is 13.8 Å². The Morgan fingerprint density at radius 1 is 1.36 bits per heavy atom. The molecule has 1 rings (SSSR count). The van der Waals surface area contributed by atoms with E-state index in [9.17, 15) is 5.21 Å². The van der Waals surface area contributed by atoms with E-state index in [1.165, 1.54) is 0 Å². The number of hydrogen-bond donors (Lipinski definition) is 0. The molecule has 0 fully saturated rings. The van der Waals surface area contributed by atoms with Crippen molar-refractivity contribution in [2.45, 2.75) is 26.8 Å². The third-order valence-electron chi connectivity index (χ3n) is 2.25. The molecule has 1 aromatic carbocycles. The van der Waals surface area contributed by atoms with Crippen LogP contribution in [0.4, 0.5) is 0 Å². The molecule has 76 valence electrons. The van der Waals surface area contributed by atoms with Gasteiger partial charge >= 0.3 is 0 Å². The summed E-state index contributed by atoms with van der Waals surface area (Å²) in [6.07, 6.45) is 2.75. The summed E-state index contributed by atoms with van der Waals surface area (Å²) in [6, 6.07) is 9.79. The van der Waals surface area contributed by atoms with Gasteiger partial charge in [0.2, 0.25) is 0 Å². The summed E-state index contributed by atoms with van der Waals surface area (Å²) in [5.41, 5.74) is 1.06. The van der Waals surface area contributed by atoms with Crippen LogP contribution in [-0.4, -0.2) is 11.0 Å². The Labute approximate surface area is 85.5 Å². The van der Waals surface area contributed by atoms with E-state index < -0.39 is 0 Å². The van der Waals surface area contributed by atoms with Crippen molar-refractivity contribution in [1.82, 2.24) is 0 Å². The maximum absolute atomic E-state index is 11.4. The Kier molecular flexibility index (Phi) is 4.17. The molecule has 0 saturated heterocycles. The lowest BCUT2D eigenvalue weighted by Gasteiger charge is -2.06. The molecule has 0 saturated carbocycles. The first-order valence-corrected chi connectivity index (χ1v) is 5.05. The predicted molar refractivity (Wildman–Crippen MR) is 59.3 cm³/mol. The molecule has 2 heteroatoms. The van der Waals surface area contributed by atoms with Gasteiger partial charge in [0.25, 0.3) is 0 Å². The van der Waals surface area contributed by atoms with Gasteiger partial charge in [0, 0.05) is 11.5 Å². The Bertz CT molecular complexity index is 292. The topological polar surface area (TPSA) is 26.1 Å². The average Bonchev–Trinajstić information content (AvgIpc) is 2.19. The van der Waals surface area contributed by atoms with Gasteiger partial charge in [0.15, 0.2) is 12.8 Å². The Morgan fingerprint density at radius 2 is 2.00 bits per heavy atom. The van der Waals surface area contributed by atoms with Gasteiger partial charge in [-0.25, -0.2) is 4.74 Å². The van der Waals surface area contributed by atoms with Crippen LogP contribution < -0.4 is 0 Å². The monoisotopic (exact) mass is 191 g/mol. The molecular weight excluding hydrogens is 174 g/mol. The fraction of sp³-hybridized carbons (Fsp3) is 0.417. The quantitative estimate of drug-likeness (QED) is 0.311. The van der Waals surface area contributed by atoms with Crippen LogP contribution in [0.15, 0.2) is 30.3 Å². The van der Waals surface area contributed by atoms with Crippen LogP contribution in [0, 0.1) is 11.1 Å². The van der Waals surface area contributed by atoms with Gasteiger partial charge in [-0.1, -0.05) is 44.2 Å². The van der Waals surface area contributed by atoms with Crippen molar-refractivity contribution in [3.8, 4) is 0 Å². The van der Waals surface area contributed by atoms with Gasteiger partial charge in [0.05, 0.1) is 0 Å². The van der Waals surface area contributed by atoms with Crippen molar-refractivity contribution in [3.05, 3.63) is 41.1 Å². The first-order chi connectivity index (χ1) is 6.72. The summed E-state index contributed by atoms with van der Waals surface area (Å²) >= 11 is 0. The maximum Gasteiger partial charge on any atom is 0.178 e. The average molecular weight is 191 g/mol. The summed E-state index contributed by atoms with van der Waals surface area (Å²) in [6.45, 7) is 4.58. The van der Waals surface area contributed by atoms with E-state index in [4.69, 9.17) is 0 Å². The standard InChI is InChI=1S/C12H17NO/c1-3-11(2)9-13(14)10-12-7-5-4-6-8-12/h4-9,11H,3,10H2,1-2H3/b13-9-/t11-/m0/s1. The number of rotatable bonds is 4. The molecule has 0 unspecified atom stereocenters. The molecule has 0 N–H and O–H groups in total. The fourth-order valence-corrected chi connectivity index (χ4v) is 1.21. The van der Waals surface area contributed by atoms with Gasteiger partial charge in [-0.05, 0) is 6.42 Å². The maximum atomic E-state index is 11.4. The molecule has 0 amide bonds. The summed E-state index contributed by atoms with van der Waals surface area (Å²) in [7, 11) is 0. The van der Waals surface area contributed by atoms with Gasteiger partial charge in [-0.15, -0.1) is 0 Å². The SMILES string of the molecule is CC[C@H](C)/C=[N+](\[O-])Cc1ccccc1. The number of hydroxylamine groups is 1. The van der Waals surface area contributed by atoms with E-state index >= 15 is 0 Å².